The molecular weight excluding hydrogens is 406 g/mol. The van der Waals surface area contributed by atoms with Crippen LogP contribution in [0.2, 0.25) is 0 Å². The van der Waals surface area contributed by atoms with Gasteiger partial charge in [0.15, 0.2) is 11.5 Å². The first-order chi connectivity index (χ1) is 13.0. The Morgan fingerprint density at radius 2 is 1.89 bits per heavy atom. The van der Waals surface area contributed by atoms with Gasteiger partial charge in [0.1, 0.15) is 5.82 Å². The van der Waals surface area contributed by atoms with Crippen molar-refractivity contribution < 1.29 is 9.47 Å². The summed E-state index contributed by atoms with van der Waals surface area (Å²) in [5.74, 6) is 2.42. The molecule has 3 rings (SSSR count). The van der Waals surface area contributed by atoms with Crippen LogP contribution in [-0.4, -0.2) is 36.1 Å². The highest BCUT2D eigenvalue weighted by atomic mass is 79.9. The van der Waals surface area contributed by atoms with E-state index in [4.69, 9.17) is 9.47 Å². The maximum Gasteiger partial charge on any atom is 0.161 e. The fourth-order valence-corrected chi connectivity index (χ4v) is 3.36. The molecule has 0 aliphatic carbocycles. The van der Waals surface area contributed by atoms with E-state index in [0.717, 1.165) is 45.2 Å². The van der Waals surface area contributed by atoms with Crippen molar-refractivity contribution in [3.8, 4) is 22.8 Å². The molecule has 1 atom stereocenters. The summed E-state index contributed by atoms with van der Waals surface area (Å²) in [7, 11) is 5.38. The van der Waals surface area contributed by atoms with Crippen molar-refractivity contribution in [2.75, 3.05) is 21.3 Å². The van der Waals surface area contributed by atoms with E-state index in [1.165, 1.54) is 0 Å². The monoisotopic (exact) mass is 429 g/mol. The maximum atomic E-state index is 5.40. The van der Waals surface area contributed by atoms with Crippen molar-refractivity contribution in [2.24, 2.45) is 0 Å². The molecule has 27 heavy (non-hydrogen) atoms. The minimum atomic E-state index is 0.138. The molecule has 0 radical (unpaired) electrons. The third-order valence-corrected chi connectivity index (χ3v) is 5.16. The number of methoxy groups -OCH3 is 2. The molecule has 5 nitrogen and oxygen atoms in total. The number of nitrogens with zero attached hydrogens (tertiary/aromatic N) is 2. The molecule has 142 valence electrons. The zero-order chi connectivity index (χ0) is 19.4. The Kier molecular flexibility index (Phi) is 6.19. The van der Waals surface area contributed by atoms with Crippen LogP contribution in [0, 0.1) is 0 Å². The van der Waals surface area contributed by atoms with E-state index in [1.807, 2.05) is 30.5 Å². The number of aromatic amines is 1. The molecular formula is C21H24BrN3O2. The van der Waals surface area contributed by atoms with Gasteiger partial charge in [-0.15, -0.1) is 0 Å². The Balaban J connectivity index is 1.73. The first kappa shape index (κ1) is 19.5. The molecule has 0 aliphatic heterocycles. The summed E-state index contributed by atoms with van der Waals surface area (Å²) in [5.41, 5.74) is 3.27. The van der Waals surface area contributed by atoms with Gasteiger partial charge in [-0.05, 0) is 43.8 Å². The molecule has 2 aromatic carbocycles. The highest BCUT2D eigenvalue weighted by molar-refractivity contribution is 9.10. The third kappa shape index (κ3) is 4.51. The molecule has 0 amide bonds. The SMILES string of the molecule is COc1ccc(CN(C)C(C)c2ncc(-c3cccc(Br)c3)[nH]2)cc1OC. The number of aromatic nitrogens is 2. The van der Waals surface area contributed by atoms with Crippen molar-refractivity contribution in [1.82, 2.24) is 14.9 Å². The number of benzene rings is 2. The van der Waals surface area contributed by atoms with Crippen LogP contribution < -0.4 is 9.47 Å². The number of ether oxygens (including phenoxy) is 2. The molecule has 1 aromatic heterocycles. The van der Waals surface area contributed by atoms with Gasteiger partial charge in [-0.3, -0.25) is 4.90 Å². The summed E-state index contributed by atoms with van der Waals surface area (Å²) in [6.45, 7) is 2.92. The molecule has 1 N–H and O–H groups in total. The highest BCUT2D eigenvalue weighted by Gasteiger charge is 2.17. The van der Waals surface area contributed by atoms with Gasteiger partial charge in [-0.1, -0.05) is 34.1 Å². The zero-order valence-electron chi connectivity index (χ0n) is 16.0. The Morgan fingerprint density at radius 1 is 1.11 bits per heavy atom. The van der Waals surface area contributed by atoms with Gasteiger partial charge in [0.2, 0.25) is 0 Å². The molecule has 1 heterocycles. The second-order valence-electron chi connectivity index (χ2n) is 6.47. The fourth-order valence-electron chi connectivity index (χ4n) is 2.96. The van der Waals surface area contributed by atoms with Crippen LogP contribution in [0.5, 0.6) is 11.5 Å². The summed E-state index contributed by atoms with van der Waals surface area (Å²) in [4.78, 5) is 10.3. The number of H-pyrrole nitrogens is 1. The molecule has 0 saturated heterocycles. The van der Waals surface area contributed by atoms with Gasteiger partial charge in [-0.2, -0.15) is 0 Å². The van der Waals surface area contributed by atoms with E-state index >= 15 is 0 Å². The zero-order valence-corrected chi connectivity index (χ0v) is 17.6. The number of imidazole rings is 1. The van der Waals surface area contributed by atoms with Gasteiger partial charge in [-0.25, -0.2) is 4.98 Å². The van der Waals surface area contributed by atoms with Crippen LogP contribution in [0.4, 0.5) is 0 Å². The standard InChI is InChI=1S/C21H24BrN3O2/c1-14(21-23-12-18(24-21)16-6-5-7-17(22)11-16)25(2)13-15-8-9-19(26-3)20(10-15)27-4/h5-12,14H,13H2,1-4H3,(H,23,24). The van der Waals surface area contributed by atoms with Gasteiger partial charge >= 0.3 is 0 Å². The minimum absolute atomic E-state index is 0.138. The predicted molar refractivity (Wildman–Crippen MR) is 111 cm³/mol. The second-order valence-corrected chi connectivity index (χ2v) is 7.39. The van der Waals surface area contributed by atoms with Crippen LogP contribution in [0.15, 0.2) is 53.1 Å². The lowest BCUT2D eigenvalue weighted by Gasteiger charge is -2.23. The maximum absolute atomic E-state index is 5.40. The van der Waals surface area contributed by atoms with E-state index < -0.39 is 0 Å². The number of halogens is 1. The lowest BCUT2D eigenvalue weighted by atomic mass is 10.1. The van der Waals surface area contributed by atoms with E-state index in [1.54, 1.807) is 14.2 Å². The highest BCUT2D eigenvalue weighted by Crippen LogP contribution is 2.29. The van der Waals surface area contributed by atoms with Crippen LogP contribution >= 0.6 is 15.9 Å². The van der Waals surface area contributed by atoms with Gasteiger partial charge < -0.3 is 14.5 Å². The second kappa shape index (κ2) is 8.59. The average Bonchev–Trinajstić information content (AvgIpc) is 3.17. The average molecular weight is 430 g/mol. The molecule has 0 bridgehead atoms. The van der Waals surface area contributed by atoms with Gasteiger partial charge in [0, 0.05) is 16.6 Å². The minimum Gasteiger partial charge on any atom is -0.493 e. The van der Waals surface area contributed by atoms with Crippen LogP contribution in [0.1, 0.15) is 24.4 Å². The lowest BCUT2D eigenvalue weighted by Crippen LogP contribution is -2.22. The number of hydrogen-bond acceptors (Lipinski definition) is 4. The fraction of sp³-hybridized carbons (Fsp3) is 0.286. The number of hydrogen-bond donors (Lipinski definition) is 1. The summed E-state index contributed by atoms with van der Waals surface area (Å²) < 4.78 is 11.8. The molecule has 3 aromatic rings. The topological polar surface area (TPSA) is 50.4 Å². The molecule has 1 unspecified atom stereocenters. The van der Waals surface area contributed by atoms with Crippen LogP contribution in [-0.2, 0) is 6.54 Å². The largest absolute Gasteiger partial charge is 0.493 e. The molecule has 6 heteroatoms. The Bertz CT molecular complexity index is 910. The smallest absolute Gasteiger partial charge is 0.161 e. The van der Waals surface area contributed by atoms with Crippen LogP contribution in [0.25, 0.3) is 11.3 Å². The van der Waals surface area contributed by atoms with E-state index in [0.29, 0.717) is 0 Å². The molecule has 0 spiro atoms. The third-order valence-electron chi connectivity index (χ3n) is 4.67. The van der Waals surface area contributed by atoms with Crippen LogP contribution in [0.3, 0.4) is 0 Å². The first-order valence-electron chi connectivity index (χ1n) is 8.73. The summed E-state index contributed by atoms with van der Waals surface area (Å²) in [6, 6.07) is 14.3. The first-order valence-corrected chi connectivity index (χ1v) is 9.53. The molecule has 0 saturated carbocycles. The lowest BCUT2D eigenvalue weighted by molar-refractivity contribution is 0.244. The van der Waals surface area contributed by atoms with E-state index in [-0.39, 0.29) is 6.04 Å². The Hall–Kier alpha value is -2.31. The van der Waals surface area contributed by atoms with Crippen molar-refractivity contribution in [3.63, 3.8) is 0 Å². The van der Waals surface area contributed by atoms with Crippen molar-refractivity contribution >= 4 is 15.9 Å². The Labute approximate surface area is 168 Å². The van der Waals surface area contributed by atoms with Gasteiger partial charge in [0.05, 0.1) is 32.2 Å². The molecule has 0 aliphatic rings. The number of rotatable bonds is 7. The summed E-state index contributed by atoms with van der Waals surface area (Å²) in [5, 5.41) is 0. The van der Waals surface area contributed by atoms with Crippen molar-refractivity contribution in [1.29, 1.82) is 0 Å². The van der Waals surface area contributed by atoms with E-state index in [2.05, 4.69) is 63.0 Å². The number of nitrogens with one attached hydrogen (secondary N) is 1. The summed E-state index contributed by atoms with van der Waals surface area (Å²) >= 11 is 3.52. The normalized spacial score (nSPS) is 12.2. The van der Waals surface area contributed by atoms with Gasteiger partial charge in [0.25, 0.3) is 0 Å². The predicted octanol–water partition coefficient (Wildman–Crippen LogP) is 5.05. The van der Waals surface area contributed by atoms with E-state index in [9.17, 15) is 0 Å². The quantitative estimate of drug-likeness (QED) is 0.570. The van der Waals surface area contributed by atoms with Crippen molar-refractivity contribution in [2.45, 2.75) is 19.5 Å². The Morgan fingerprint density at radius 3 is 2.59 bits per heavy atom. The molecule has 0 fully saturated rings. The van der Waals surface area contributed by atoms with Crippen molar-refractivity contribution in [3.05, 3.63) is 64.5 Å². The summed E-state index contributed by atoms with van der Waals surface area (Å²) in [6.07, 6.45) is 1.89.